The molecule has 7 atom stereocenters. The molecule has 22 heavy (non-hydrogen) atoms. The van der Waals surface area contributed by atoms with Crippen LogP contribution in [0.4, 0.5) is 0 Å². The Hall–Kier alpha value is -0.320. The van der Waals surface area contributed by atoms with Crippen molar-refractivity contribution in [2.24, 2.45) is 28.5 Å². The Balaban J connectivity index is 1.90. The molecule has 0 radical (unpaired) electrons. The number of nitrogens with zero attached hydrogens (tertiary/aromatic N) is 1. The average Bonchev–Trinajstić information content (AvgIpc) is 2.74. The number of fused-ring (bicyclic) bond motifs is 1. The van der Waals surface area contributed by atoms with Crippen molar-refractivity contribution in [3.63, 3.8) is 0 Å². The van der Waals surface area contributed by atoms with Gasteiger partial charge < -0.3 is 15.6 Å². The van der Waals surface area contributed by atoms with Gasteiger partial charge in [-0.2, -0.15) is 0 Å². The maximum Gasteiger partial charge on any atom is 0.131 e. The van der Waals surface area contributed by atoms with Gasteiger partial charge in [0, 0.05) is 23.8 Å². The van der Waals surface area contributed by atoms with Crippen LogP contribution < -0.4 is 5.73 Å². The van der Waals surface area contributed by atoms with E-state index in [4.69, 9.17) is 22.1 Å². The lowest BCUT2D eigenvalue weighted by atomic mass is 9.63. The van der Waals surface area contributed by atoms with Crippen LogP contribution in [-0.2, 0) is 4.74 Å². The van der Waals surface area contributed by atoms with Gasteiger partial charge in [0.15, 0.2) is 0 Å². The minimum atomic E-state index is -1.03. The van der Waals surface area contributed by atoms with Crippen LogP contribution in [-0.4, -0.2) is 40.7 Å². The largest absolute Gasteiger partial charge is 0.385 e. The number of aliphatic imine (C=N–C) groups is 1. The number of rotatable bonds is 3. The maximum absolute atomic E-state index is 11.6. The predicted molar refractivity (Wildman–Crippen MR) is 89.3 cm³/mol. The van der Waals surface area contributed by atoms with Crippen molar-refractivity contribution < 1.29 is 9.84 Å². The van der Waals surface area contributed by atoms with Gasteiger partial charge in [-0.05, 0) is 51.4 Å². The fraction of sp³-hybridized carbons (Fsp3) is 0.941. The zero-order valence-electron chi connectivity index (χ0n) is 13.7. The molecule has 0 aromatic carbocycles. The highest BCUT2D eigenvalue weighted by Crippen LogP contribution is 2.49. The predicted octanol–water partition coefficient (Wildman–Crippen LogP) is 2.71. The van der Waals surface area contributed by atoms with Gasteiger partial charge >= 0.3 is 0 Å². The number of ether oxygens (including phenoxy) is 1. The fourth-order valence-electron chi connectivity index (χ4n) is 4.90. The van der Waals surface area contributed by atoms with E-state index in [0.29, 0.717) is 18.4 Å². The zero-order chi connectivity index (χ0) is 15.9. The first-order valence-corrected chi connectivity index (χ1v) is 9.22. The van der Waals surface area contributed by atoms with Crippen molar-refractivity contribution >= 4 is 17.4 Å². The highest BCUT2D eigenvalue weighted by Gasteiger charge is 2.58. The van der Waals surface area contributed by atoms with Gasteiger partial charge in [-0.3, -0.25) is 4.99 Å². The van der Waals surface area contributed by atoms with Gasteiger partial charge in [-0.15, -0.1) is 11.6 Å². The first-order valence-electron chi connectivity index (χ1n) is 8.78. The van der Waals surface area contributed by atoms with Crippen LogP contribution in [0.15, 0.2) is 4.99 Å². The van der Waals surface area contributed by atoms with Crippen LogP contribution in [0.25, 0.3) is 0 Å². The van der Waals surface area contributed by atoms with E-state index >= 15 is 0 Å². The molecular weight excluding hydrogens is 300 g/mol. The molecule has 3 rings (SSSR count). The Morgan fingerprint density at radius 1 is 1.27 bits per heavy atom. The summed E-state index contributed by atoms with van der Waals surface area (Å²) in [5.74, 6) is 1.14. The summed E-state index contributed by atoms with van der Waals surface area (Å²) in [7, 11) is 0. The van der Waals surface area contributed by atoms with Crippen molar-refractivity contribution in [1.29, 1.82) is 0 Å². The lowest BCUT2D eigenvalue weighted by molar-refractivity contribution is -0.105. The highest BCUT2D eigenvalue weighted by molar-refractivity contribution is 6.20. The maximum atomic E-state index is 11.6. The summed E-state index contributed by atoms with van der Waals surface area (Å²) in [6.45, 7) is 4.92. The Morgan fingerprint density at radius 3 is 2.77 bits per heavy atom. The molecule has 3 N–H and O–H groups in total. The van der Waals surface area contributed by atoms with Gasteiger partial charge in [0.2, 0.25) is 0 Å². The Labute approximate surface area is 138 Å². The molecule has 7 unspecified atom stereocenters. The minimum Gasteiger partial charge on any atom is -0.385 e. The molecule has 4 nitrogen and oxygen atoms in total. The molecular formula is C17H29ClN2O2. The monoisotopic (exact) mass is 328 g/mol. The van der Waals surface area contributed by atoms with E-state index in [9.17, 15) is 5.11 Å². The van der Waals surface area contributed by atoms with Crippen molar-refractivity contribution in [3.05, 3.63) is 0 Å². The van der Waals surface area contributed by atoms with Crippen molar-refractivity contribution in [2.45, 2.75) is 75.5 Å². The third kappa shape index (κ3) is 2.67. The summed E-state index contributed by atoms with van der Waals surface area (Å²) < 4.78 is 5.95. The molecule has 0 saturated heterocycles. The minimum absolute atomic E-state index is 0.0345. The molecule has 0 aromatic heterocycles. The third-order valence-corrected chi connectivity index (χ3v) is 6.42. The smallest absolute Gasteiger partial charge is 0.131 e. The molecule has 2 fully saturated rings. The third-order valence-electron chi connectivity index (χ3n) is 6.03. The molecule has 0 bridgehead atoms. The van der Waals surface area contributed by atoms with Crippen LogP contribution in [0.5, 0.6) is 0 Å². The lowest BCUT2D eigenvalue weighted by Crippen LogP contribution is -2.59. The topological polar surface area (TPSA) is 67.8 Å². The number of hydrogen-bond donors (Lipinski definition) is 2. The van der Waals surface area contributed by atoms with Crippen molar-refractivity contribution in [1.82, 2.24) is 0 Å². The van der Waals surface area contributed by atoms with Gasteiger partial charge in [-0.1, -0.05) is 6.92 Å². The molecule has 1 aliphatic heterocycles. The van der Waals surface area contributed by atoms with E-state index in [1.807, 2.05) is 6.92 Å². The normalized spacial score (nSPS) is 48.8. The van der Waals surface area contributed by atoms with Crippen molar-refractivity contribution in [2.75, 3.05) is 6.61 Å². The summed E-state index contributed by atoms with van der Waals surface area (Å²) >= 11 is 6.42. The lowest BCUT2D eigenvalue weighted by Gasteiger charge is -2.47. The van der Waals surface area contributed by atoms with E-state index in [2.05, 4.69) is 11.9 Å². The van der Waals surface area contributed by atoms with Crippen LogP contribution in [0.2, 0.25) is 0 Å². The van der Waals surface area contributed by atoms with E-state index < -0.39 is 5.60 Å². The fourth-order valence-corrected chi connectivity index (χ4v) is 5.22. The summed E-state index contributed by atoms with van der Waals surface area (Å²) in [6.07, 6.45) is 5.84. The zero-order valence-corrected chi connectivity index (χ0v) is 14.4. The number of nitrogens with two attached hydrogens (primary N) is 1. The van der Waals surface area contributed by atoms with Gasteiger partial charge in [0.1, 0.15) is 11.4 Å². The first-order chi connectivity index (χ1) is 10.5. The Morgan fingerprint density at radius 2 is 2.05 bits per heavy atom. The van der Waals surface area contributed by atoms with Gasteiger partial charge in [-0.25, -0.2) is 0 Å². The summed E-state index contributed by atoms with van der Waals surface area (Å²) in [5.41, 5.74) is 5.22. The highest BCUT2D eigenvalue weighted by atomic mass is 35.5. The standard InChI is InChI=1S/C17H29ClN2O2/c1-3-22-15-7-5-11(18)9-13(15)17(21)12-8-10(2)4-6-14(12)20-16(17)19/h10-15,21H,3-9H2,1-2H3,(H2,19,20). The molecule has 2 saturated carbocycles. The second-order valence-electron chi connectivity index (χ2n) is 7.44. The van der Waals surface area contributed by atoms with E-state index in [0.717, 1.165) is 32.1 Å². The molecule has 3 aliphatic rings. The van der Waals surface area contributed by atoms with E-state index in [1.165, 1.54) is 6.42 Å². The number of alkyl halides is 1. The molecule has 1 heterocycles. The summed E-state index contributed by atoms with van der Waals surface area (Å²) in [4.78, 5) is 4.64. The molecule has 2 aliphatic carbocycles. The van der Waals surface area contributed by atoms with E-state index in [1.54, 1.807) is 0 Å². The molecule has 126 valence electrons. The second-order valence-corrected chi connectivity index (χ2v) is 8.06. The molecule has 0 spiro atoms. The number of hydrogen-bond acceptors (Lipinski definition) is 4. The molecule has 0 amide bonds. The Kier molecular flexibility index (Phi) is 4.73. The van der Waals surface area contributed by atoms with Crippen LogP contribution in [0.1, 0.15) is 52.4 Å². The quantitative estimate of drug-likeness (QED) is 0.783. The SMILES string of the molecule is CCOC1CCC(Cl)CC1C1(O)C(N)=NC2CCC(C)CC21. The number of halogens is 1. The number of amidine groups is 1. The van der Waals surface area contributed by atoms with Crippen LogP contribution in [0.3, 0.4) is 0 Å². The summed E-state index contributed by atoms with van der Waals surface area (Å²) in [5, 5.41) is 11.7. The van der Waals surface area contributed by atoms with Gasteiger partial charge in [0.05, 0.1) is 12.1 Å². The summed E-state index contributed by atoms with van der Waals surface area (Å²) in [6, 6.07) is 0.180. The number of aliphatic hydroxyl groups is 1. The molecule has 0 aromatic rings. The second kappa shape index (κ2) is 6.29. The van der Waals surface area contributed by atoms with Crippen molar-refractivity contribution in [3.8, 4) is 0 Å². The van der Waals surface area contributed by atoms with Crippen LogP contribution >= 0.6 is 11.6 Å². The van der Waals surface area contributed by atoms with E-state index in [-0.39, 0.29) is 29.4 Å². The van der Waals surface area contributed by atoms with Crippen LogP contribution in [0, 0.1) is 17.8 Å². The van der Waals surface area contributed by atoms with Gasteiger partial charge in [0.25, 0.3) is 0 Å². The first kappa shape index (κ1) is 16.5. The average molecular weight is 329 g/mol. The Bertz CT molecular complexity index is 444. The molecule has 5 heteroatoms.